The Balaban J connectivity index is 2.89. The Morgan fingerprint density at radius 3 is 2.21 bits per heavy atom. The van der Waals surface area contributed by atoms with Crippen molar-refractivity contribution in [2.45, 2.75) is 45.3 Å². The monoisotopic (exact) mass is 275 g/mol. The van der Waals surface area contributed by atoms with E-state index in [1.807, 2.05) is 0 Å². The molecule has 1 heterocycles. The van der Waals surface area contributed by atoms with E-state index in [4.69, 9.17) is 14.2 Å². The molecule has 8 heteroatoms. The Morgan fingerprint density at radius 1 is 1.16 bits per heavy atom. The summed E-state index contributed by atoms with van der Waals surface area (Å²) in [6.45, 7) is 3.49. The third-order valence-electron chi connectivity index (χ3n) is 2.45. The second-order valence-electron chi connectivity index (χ2n) is 4.17. The summed E-state index contributed by atoms with van der Waals surface area (Å²) in [6, 6.07) is -1.00. The summed E-state index contributed by atoms with van der Waals surface area (Å²) in [5, 5.41) is 12.1. The molecule has 0 aliphatic carbocycles. The zero-order valence-electron chi connectivity index (χ0n) is 10.9. The molecule has 108 valence electrons. The Kier molecular flexibility index (Phi) is 5.25. The summed E-state index contributed by atoms with van der Waals surface area (Å²) in [4.78, 5) is 33.2. The number of hydrogen-bond acceptors (Lipinski definition) is 7. The van der Waals surface area contributed by atoms with Gasteiger partial charge in [-0.15, -0.1) is 0 Å². The lowest BCUT2D eigenvalue weighted by molar-refractivity contribution is -0.229. The molecule has 0 radical (unpaired) electrons. The lowest BCUT2D eigenvalue weighted by atomic mass is 10.0. The topological polar surface area (TPSA) is 111 Å². The molecule has 4 unspecified atom stereocenters. The molecule has 0 saturated carbocycles. The molecular weight excluding hydrogens is 258 g/mol. The Labute approximate surface area is 110 Å². The zero-order chi connectivity index (χ0) is 14.6. The van der Waals surface area contributed by atoms with Crippen LogP contribution in [0.15, 0.2) is 0 Å². The Morgan fingerprint density at radius 2 is 1.74 bits per heavy atom. The van der Waals surface area contributed by atoms with Crippen molar-refractivity contribution in [1.82, 2.24) is 5.32 Å². The van der Waals surface area contributed by atoms with Gasteiger partial charge in [0.1, 0.15) is 6.04 Å². The second-order valence-corrected chi connectivity index (χ2v) is 4.17. The highest BCUT2D eigenvalue weighted by Gasteiger charge is 2.44. The molecule has 1 amide bonds. The quantitative estimate of drug-likeness (QED) is 0.616. The van der Waals surface area contributed by atoms with Crippen molar-refractivity contribution >= 4 is 17.8 Å². The van der Waals surface area contributed by atoms with Crippen LogP contribution in [-0.4, -0.2) is 54.1 Å². The number of rotatable bonds is 3. The predicted molar refractivity (Wildman–Crippen MR) is 60.7 cm³/mol. The van der Waals surface area contributed by atoms with Gasteiger partial charge in [0.15, 0.2) is 18.5 Å². The van der Waals surface area contributed by atoms with E-state index in [1.54, 1.807) is 0 Å². The van der Waals surface area contributed by atoms with E-state index in [-0.39, 0.29) is 6.61 Å². The zero-order valence-corrected chi connectivity index (χ0v) is 10.9. The van der Waals surface area contributed by atoms with Crippen LogP contribution >= 0.6 is 0 Å². The Hall–Kier alpha value is -1.67. The molecule has 2 N–H and O–H groups in total. The number of ether oxygens (including phenoxy) is 3. The van der Waals surface area contributed by atoms with Crippen LogP contribution in [0, 0.1) is 0 Å². The number of esters is 2. The van der Waals surface area contributed by atoms with Crippen LogP contribution in [-0.2, 0) is 28.6 Å². The van der Waals surface area contributed by atoms with Gasteiger partial charge in [0.25, 0.3) is 0 Å². The third kappa shape index (κ3) is 4.49. The first-order chi connectivity index (χ1) is 8.81. The van der Waals surface area contributed by atoms with E-state index in [1.165, 1.54) is 20.8 Å². The van der Waals surface area contributed by atoms with Crippen LogP contribution < -0.4 is 5.32 Å². The lowest BCUT2D eigenvalue weighted by Crippen LogP contribution is -2.62. The molecule has 0 aromatic rings. The highest BCUT2D eigenvalue weighted by Crippen LogP contribution is 2.20. The van der Waals surface area contributed by atoms with Gasteiger partial charge in [-0.25, -0.2) is 0 Å². The highest BCUT2D eigenvalue weighted by molar-refractivity contribution is 5.73. The van der Waals surface area contributed by atoms with E-state index >= 15 is 0 Å². The lowest BCUT2D eigenvalue weighted by Gasteiger charge is -2.39. The van der Waals surface area contributed by atoms with Crippen LogP contribution in [0.3, 0.4) is 0 Å². The Bertz CT molecular complexity index is 370. The van der Waals surface area contributed by atoms with Gasteiger partial charge in [-0.05, 0) is 0 Å². The first kappa shape index (κ1) is 15.4. The van der Waals surface area contributed by atoms with Crippen LogP contribution in [0.1, 0.15) is 20.8 Å². The van der Waals surface area contributed by atoms with Gasteiger partial charge in [0, 0.05) is 20.8 Å². The van der Waals surface area contributed by atoms with Gasteiger partial charge < -0.3 is 24.6 Å². The van der Waals surface area contributed by atoms with Crippen LogP contribution in [0.5, 0.6) is 0 Å². The van der Waals surface area contributed by atoms with Gasteiger partial charge >= 0.3 is 11.9 Å². The van der Waals surface area contributed by atoms with Gasteiger partial charge in [-0.3, -0.25) is 14.4 Å². The summed E-state index contributed by atoms with van der Waals surface area (Å²) >= 11 is 0. The molecule has 1 saturated heterocycles. The smallest absolute Gasteiger partial charge is 0.303 e. The van der Waals surface area contributed by atoms with Gasteiger partial charge in [0.05, 0.1) is 6.61 Å². The average molecular weight is 275 g/mol. The van der Waals surface area contributed by atoms with Crippen LogP contribution in [0.4, 0.5) is 0 Å². The van der Waals surface area contributed by atoms with Crippen molar-refractivity contribution in [2.24, 2.45) is 0 Å². The molecule has 19 heavy (non-hydrogen) atoms. The fraction of sp³-hybridized carbons (Fsp3) is 0.727. The van der Waals surface area contributed by atoms with E-state index in [9.17, 15) is 19.5 Å². The summed E-state index contributed by atoms with van der Waals surface area (Å²) < 4.78 is 15.0. The molecule has 1 aliphatic heterocycles. The molecule has 0 aromatic carbocycles. The minimum absolute atomic E-state index is 0.130. The van der Waals surface area contributed by atoms with Crippen LogP contribution in [0.25, 0.3) is 0 Å². The maximum absolute atomic E-state index is 11.1. The maximum Gasteiger partial charge on any atom is 0.303 e. The molecule has 0 spiro atoms. The largest absolute Gasteiger partial charge is 0.456 e. The van der Waals surface area contributed by atoms with Crippen molar-refractivity contribution in [3.8, 4) is 0 Å². The highest BCUT2D eigenvalue weighted by atomic mass is 16.6. The number of nitrogens with one attached hydrogen (secondary N) is 1. The molecule has 1 fully saturated rings. The summed E-state index contributed by atoms with van der Waals surface area (Å²) in [5.74, 6) is -1.64. The number of amides is 1. The van der Waals surface area contributed by atoms with Crippen molar-refractivity contribution in [3.63, 3.8) is 0 Å². The summed E-state index contributed by atoms with van der Waals surface area (Å²) in [7, 11) is 0. The minimum Gasteiger partial charge on any atom is -0.456 e. The molecular formula is C11H17NO7. The van der Waals surface area contributed by atoms with Gasteiger partial charge in [-0.1, -0.05) is 0 Å². The first-order valence-electron chi connectivity index (χ1n) is 5.72. The summed E-state index contributed by atoms with van der Waals surface area (Å²) in [5.41, 5.74) is 0. The third-order valence-corrected chi connectivity index (χ3v) is 2.45. The normalized spacial score (nSPS) is 30.3. The van der Waals surface area contributed by atoms with Crippen molar-refractivity contribution in [2.75, 3.05) is 6.61 Å². The van der Waals surface area contributed by atoms with Crippen LogP contribution in [0.2, 0.25) is 0 Å². The molecule has 1 rings (SSSR count). The molecule has 8 nitrogen and oxygen atoms in total. The number of carbonyl (C=O) groups excluding carboxylic acids is 3. The van der Waals surface area contributed by atoms with E-state index in [2.05, 4.69) is 5.32 Å². The number of aliphatic hydroxyl groups excluding tert-OH is 1. The fourth-order valence-electron chi connectivity index (χ4n) is 1.83. The molecule has 0 bridgehead atoms. The summed E-state index contributed by atoms with van der Waals surface area (Å²) in [6.07, 6.45) is -3.24. The van der Waals surface area contributed by atoms with Crippen molar-refractivity contribution in [1.29, 1.82) is 0 Å². The maximum atomic E-state index is 11.1. The number of hydrogen-bond donors (Lipinski definition) is 2. The fourth-order valence-corrected chi connectivity index (χ4v) is 1.83. The standard InChI is InChI=1S/C11H17NO7/c1-5(13)12-9-10(19-7(3)15)8(18-6(2)14)4-17-11(9)16/h8-11,16H,4H2,1-3H3,(H,12,13). The van der Waals surface area contributed by atoms with Gasteiger partial charge in [-0.2, -0.15) is 0 Å². The van der Waals surface area contributed by atoms with E-state index in [0.29, 0.717) is 0 Å². The van der Waals surface area contributed by atoms with Gasteiger partial charge in [0.2, 0.25) is 5.91 Å². The number of carbonyl (C=O) groups is 3. The molecule has 4 atom stereocenters. The SMILES string of the molecule is CC(=O)NC1C(O)OCC(OC(C)=O)C1OC(C)=O. The molecule has 1 aliphatic rings. The average Bonchev–Trinajstić information content (AvgIpc) is 2.25. The van der Waals surface area contributed by atoms with Crippen molar-refractivity contribution < 1.29 is 33.7 Å². The molecule has 0 aromatic heterocycles. The van der Waals surface area contributed by atoms with E-state index < -0.39 is 42.4 Å². The van der Waals surface area contributed by atoms with E-state index in [0.717, 1.165) is 0 Å². The van der Waals surface area contributed by atoms with Crippen molar-refractivity contribution in [3.05, 3.63) is 0 Å². The number of aliphatic hydroxyl groups is 1. The second kappa shape index (κ2) is 6.48. The first-order valence-corrected chi connectivity index (χ1v) is 5.72. The predicted octanol–water partition coefficient (Wildman–Crippen LogP) is -1.30. The minimum atomic E-state index is -1.35.